The first-order valence-electron chi connectivity index (χ1n) is 6.58. The number of hydrogen-bond donors (Lipinski definition) is 1. The maximum absolute atomic E-state index is 11.7. The Hall–Kier alpha value is -2.10. The quantitative estimate of drug-likeness (QED) is 0.641. The van der Waals surface area contributed by atoms with Crippen molar-refractivity contribution < 1.29 is 19.4 Å². The van der Waals surface area contributed by atoms with Gasteiger partial charge in [0.25, 0.3) is 0 Å². The fourth-order valence-corrected chi connectivity index (χ4v) is 2.05. The maximum atomic E-state index is 11.7. The summed E-state index contributed by atoms with van der Waals surface area (Å²) >= 11 is 0. The molecule has 0 aliphatic rings. The summed E-state index contributed by atoms with van der Waals surface area (Å²) < 4.78 is 5.15. The number of carbonyl (C=O) groups excluding carboxylic acids is 1. The molecule has 0 saturated carbocycles. The molecule has 0 aliphatic heterocycles. The summed E-state index contributed by atoms with van der Waals surface area (Å²) in [5, 5.41) is 9.13. The summed E-state index contributed by atoms with van der Waals surface area (Å²) in [4.78, 5) is 22.8. The van der Waals surface area contributed by atoms with E-state index in [9.17, 15) is 9.59 Å². The molecule has 1 aromatic carbocycles. The molecule has 0 aromatic heterocycles. The fraction of sp³-hybridized carbons (Fsp3) is 0.375. The molecular weight excluding hydrogens is 256 g/mol. The van der Waals surface area contributed by atoms with E-state index in [4.69, 9.17) is 9.84 Å². The minimum Gasteiger partial charge on any atom is -0.481 e. The van der Waals surface area contributed by atoms with Gasteiger partial charge in [0.1, 0.15) is 6.10 Å². The van der Waals surface area contributed by atoms with Gasteiger partial charge in [0.15, 0.2) is 0 Å². The number of carbonyl (C=O) groups is 2. The largest absolute Gasteiger partial charge is 0.481 e. The Morgan fingerprint density at radius 2 is 1.75 bits per heavy atom. The van der Waals surface area contributed by atoms with Crippen molar-refractivity contribution in [1.82, 2.24) is 0 Å². The molecule has 1 aromatic rings. The number of rotatable bonds is 6. The maximum Gasteiger partial charge on any atom is 0.331 e. The average molecular weight is 276 g/mol. The molecule has 2 atom stereocenters. The van der Waals surface area contributed by atoms with Crippen molar-refractivity contribution in [3.05, 3.63) is 42.0 Å². The summed E-state index contributed by atoms with van der Waals surface area (Å²) in [5.41, 5.74) is 0.885. The zero-order valence-corrected chi connectivity index (χ0v) is 11.9. The van der Waals surface area contributed by atoms with Gasteiger partial charge < -0.3 is 9.84 Å². The van der Waals surface area contributed by atoms with E-state index in [0.29, 0.717) is 0 Å². The minimum absolute atomic E-state index is 0.103. The molecule has 0 heterocycles. The highest BCUT2D eigenvalue weighted by atomic mass is 16.5. The van der Waals surface area contributed by atoms with Crippen LogP contribution >= 0.6 is 0 Å². The average Bonchev–Trinajstić information content (AvgIpc) is 2.36. The predicted octanol–water partition coefficient (Wildman–Crippen LogP) is 2.99. The lowest BCUT2D eigenvalue weighted by atomic mass is 9.91. The van der Waals surface area contributed by atoms with E-state index in [2.05, 4.69) is 0 Å². The summed E-state index contributed by atoms with van der Waals surface area (Å²) in [6, 6.07) is 9.35. The van der Waals surface area contributed by atoms with Crippen molar-refractivity contribution in [2.24, 2.45) is 11.8 Å². The molecule has 0 spiro atoms. The topological polar surface area (TPSA) is 63.6 Å². The molecular formula is C16H20O4. The van der Waals surface area contributed by atoms with Crippen LogP contribution in [0.3, 0.4) is 0 Å². The van der Waals surface area contributed by atoms with Crippen LogP contribution in [-0.2, 0) is 14.3 Å². The first-order chi connectivity index (χ1) is 9.41. The van der Waals surface area contributed by atoms with Crippen LogP contribution in [0.5, 0.6) is 0 Å². The Kier molecular flexibility index (Phi) is 5.97. The zero-order chi connectivity index (χ0) is 15.1. The molecule has 0 fully saturated rings. The van der Waals surface area contributed by atoms with Crippen molar-refractivity contribution in [1.29, 1.82) is 0 Å². The van der Waals surface area contributed by atoms with Crippen LogP contribution in [0.1, 0.15) is 26.3 Å². The SMILES string of the molecule is CC(C)C(C(=O)O)C(C)OC(=O)/C=C/c1ccccc1. The molecule has 0 amide bonds. The van der Waals surface area contributed by atoms with Crippen molar-refractivity contribution in [2.45, 2.75) is 26.9 Å². The van der Waals surface area contributed by atoms with E-state index < -0.39 is 24.0 Å². The Bertz CT molecular complexity index is 477. The molecule has 2 unspecified atom stereocenters. The lowest BCUT2D eigenvalue weighted by Gasteiger charge is -2.22. The lowest BCUT2D eigenvalue weighted by molar-refractivity contribution is -0.156. The fourth-order valence-electron chi connectivity index (χ4n) is 2.05. The Morgan fingerprint density at radius 1 is 1.15 bits per heavy atom. The minimum atomic E-state index is -0.952. The molecule has 0 bridgehead atoms. The summed E-state index contributed by atoms with van der Waals surface area (Å²) in [7, 11) is 0. The van der Waals surface area contributed by atoms with Crippen LogP contribution in [-0.4, -0.2) is 23.1 Å². The first kappa shape index (κ1) is 16.0. The molecule has 4 nitrogen and oxygen atoms in total. The third kappa shape index (κ3) is 4.88. The second-order valence-corrected chi connectivity index (χ2v) is 4.99. The smallest absolute Gasteiger partial charge is 0.331 e. The Morgan fingerprint density at radius 3 is 2.25 bits per heavy atom. The van der Waals surface area contributed by atoms with Gasteiger partial charge in [0, 0.05) is 6.08 Å². The Balaban J connectivity index is 2.61. The highest BCUT2D eigenvalue weighted by Crippen LogP contribution is 2.18. The number of carboxylic acid groups (broad SMARTS) is 1. The lowest BCUT2D eigenvalue weighted by Crippen LogP contribution is -2.33. The van der Waals surface area contributed by atoms with Crippen LogP contribution < -0.4 is 0 Å². The monoisotopic (exact) mass is 276 g/mol. The van der Waals surface area contributed by atoms with E-state index in [1.165, 1.54) is 6.08 Å². The molecule has 108 valence electrons. The van der Waals surface area contributed by atoms with Gasteiger partial charge >= 0.3 is 11.9 Å². The van der Waals surface area contributed by atoms with Gasteiger partial charge in [-0.3, -0.25) is 4.79 Å². The van der Waals surface area contributed by atoms with Gasteiger partial charge in [-0.15, -0.1) is 0 Å². The number of hydrogen-bond acceptors (Lipinski definition) is 3. The number of carboxylic acids is 1. The first-order valence-corrected chi connectivity index (χ1v) is 6.58. The number of aliphatic carboxylic acids is 1. The van der Waals surface area contributed by atoms with Crippen LogP contribution in [0.15, 0.2) is 36.4 Å². The van der Waals surface area contributed by atoms with Crippen molar-refractivity contribution in [3.63, 3.8) is 0 Å². The van der Waals surface area contributed by atoms with Crippen molar-refractivity contribution in [2.75, 3.05) is 0 Å². The van der Waals surface area contributed by atoms with Gasteiger partial charge in [0.05, 0.1) is 5.92 Å². The van der Waals surface area contributed by atoms with E-state index in [1.807, 2.05) is 30.3 Å². The molecule has 0 aliphatic carbocycles. The second kappa shape index (κ2) is 7.48. The highest BCUT2D eigenvalue weighted by molar-refractivity contribution is 5.87. The number of ether oxygens (including phenoxy) is 1. The van der Waals surface area contributed by atoms with E-state index in [1.54, 1.807) is 26.8 Å². The van der Waals surface area contributed by atoms with Gasteiger partial charge in [-0.2, -0.15) is 0 Å². The summed E-state index contributed by atoms with van der Waals surface area (Å²) in [5.74, 6) is -2.29. The van der Waals surface area contributed by atoms with Gasteiger partial charge in [-0.25, -0.2) is 4.79 Å². The summed E-state index contributed by atoms with van der Waals surface area (Å²) in [6.45, 7) is 5.19. The summed E-state index contributed by atoms with van der Waals surface area (Å²) in [6.07, 6.45) is 2.28. The third-order valence-electron chi connectivity index (χ3n) is 3.02. The van der Waals surface area contributed by atoms with Gasteiger partial charge in [-0.1, -0.05) is 44.2 Å². The molecule has 20 heavy (non-hydrogen) atoms. The van der Waals surface area contributed by atoms with E-state index in [0.717, 1.165) is 5.56 Å². The van der Waals surface area contributed by atoms with E-state index in [-0.39, 0.29) is 5.92 Å². The van der Waals surface area contributed by atoms with Crippen molar-refractivity contribution >= 4 is 18.0 Å². The van der Waals surface area contributed by atoms with Gasteiger partial charge in [0.2, 0.25) is 0 Å². The standard InChI is InChI=1S/C16H20O4/c1-11(2)15(16(18)19)12(3)20-14(17)10-9-13-7-5-4-6-8-13/h4-12,15H,1-3H3,(H,18,19)/b10-9+. The Labute approximate surface area is 119 Å². The molecule has 4 heteroatoms. The van der Waals surface area contributed by atoms with Crippen LogP contribution in [0, 0.1) is 11.8 Å². The molecule has 0 radical (unpaired) electrons. The number of esters is 1. The predicted molar refractivity (Wildman–Crippen MR) is 77.0 cm³/mol. The normalized spacial score (nSPS) is 14.2. The van der Waals surface area contributed by atoms with Crippen LogP contribution in [0.25, 0.3) is 6.08 Å². The zero-order valence-electron chi connectivity index (χ0n) is 11.9. The van der Waals surface area contributed by atoms with Crippen molar-refractivity contribution in [3.8, 4) is 0 Å². The van der Waals surface area contributed by atoms with Gasteiger partial charge in [-0.05, 0) is 24.5 Å². The number of benzene rings is 1. The highest BCUT2D eigenvalue weighted by Gasteiger charge is 2.30. The van der Waals surface area contributed by atoms with E-state index >= 15 is 0 Å². The van der Waals surface area contributed by atoms with Crippen LogP contribution in [0.2, 0.25) is 0 Å². The third-order valence-corrected chi connectivity index (χ3v) is 3.02. The molecule has 1 rings (SSSR count). The van der Waals surface area contributed by atoms with Crippen LogP contribution in [0.4, 0.5) is 0 Å². The molecule has 0 saturated heterocycles. The molecule has 1 N–H and O–H groups in total. The second-order valence-electron chi connectivity index (χ2n) is 4.99.